The molecule has 0 heterocycles. The molecule has 3 rings (SSSR count). The standard InChI is InChI=1S/C21H14Cl2N2O5S/c1-30-21(27)14-4-2-3-5-17(14)24-20(26)12-6-9-19(18(10-12)25(28)29)31-13-7-8-15(22)16(23)11-13/h2-11H,1H3,(H,24,26). The number of halogens is 2. The summed E-state index contributed by atoms with van der Waals surface area (Å²) in [4.78, 5) is 36.6. The van der Waals surface area contributed by atoms with Gasteiger partial charge in [-0.3, -0.25) is 14.9 Å². The average Bonchev–Trinajstić information content (AvgIpc) is 2.76. The van der Waals surface area contributed by atoms with Crippen molar-refractivity contribution < 1.29 is 19.2 Å². The number of nitrogens with one attached hydrogen (secondary N) is 1. The quantitative estimate of drug-likeness (QED) is 0.262. The van der Waals surface area contributed by atoms with E-state index in [0.717, 1.165) is 11.8 Å². The van der Waals surface area contributed by atoms with Crippen LogP contribution < -0.4 is 5.32 Å². The van der Waals surface area contributed by atoms with Gasteiger partial charge in [0.25, 0.3) is 11.6 Å². The molecule has 158 valence electrons. The van der Waals surface area contributed by atoms with Crippen LogP contribution in [0.2, 0.25) is 10.0 Å². The van der Waals surface area contributed by atoms with Crippen molar-refractivity contribution in [3.05, 3.63) is 92.0 Å². The van der Waals surface area contributed by atoms with Gasteiger partial charge in [0.05, 0.1) is 38.2 Å². The molecule has 0 radical (unpaired) electrons. The molecule has 1 amide bonds. The van der Waals surface area contributed by atoms with Crippen LogP contribution in [0.15, 0.2) is 70.5 Å². The number of para-hydroxylation sites is 1. The third-order valence-electron chi connectivity index (χ3n) is 4.12. The molecule has 0 spiro atoms. The summed E-state index contributed by atoms with van der Waals surface area (Å²) in [5.74, 6) is -1.22. The molecule has 0 aromatic heterocycles. The monoisotopic (exact) mass is 476 g/mol. The van der Waals surface area contributed by atoms with Crippen LogP contribution in [0.3, 0.4) is 0 Å². The van der Waals surface area contributed by atoms with Crippen LogP contribution in [0.4, 0.5) is 11.4 Å². The zero-order valence-electron chi connectivity index (χ0n) is 15.9. The third-order valence-corrected chi connectivity index (χ3v) is 5.91. The number of esters is 1. The number of carbonyl (C=O) groups is 2. The first kappa shape index (κ1) is 22.6. The number of rotatable bonds is 6. The van der Waals surface area contributed by atoms with Crippen molar-refractivity contribution in [3.63, 3.8) is 0 Å². The fraction of sp³-hybridized carbons (Fsp3) is 0.0476. The molecule has 0 bridgehead atoms. The Hall–Kier alpha value is -3.07. The van der Waals surface area contributed by atoms with E-state index in [4.69, 9.17) is 27.9 Å². The summed E-state index contributed by atoms with van der Waals surface area (Å²) in [6, 6.07) is 15.3. The second kappa shape index (κ2) is 9.82. The Morgan fingerprint density at radius 1 is 1.03 bits per heavy atom. The first-order valence-corrected chi connectivity index (χ1v) is 10.3. The number of nitro groups is 1. The maximum absolute atomic E-state index is 12.7. The lowest BCUT2D eigenvalue weighted by atomic mass is 10.1. The zero-order valence-corrected chi connectivity index (χ0v) is 18.3. The molecular weight excluding hydrogens is 463 g/mol. The SMILES string of the molecule is COC(=O)c1ccccc1NC(=O)c1ccc(Sc2ccc(Cl)c(Cl)c2)c([N+](=O)[O-])c1. The average molecular weight is 477 g/mol. The van der Waals surface area contributed by atoms with Crippen LogP contribution in [-0.2, 0) is 4.74 Å². The van der Waals surface area contributed by atoms with Crippen LogP contribution >= 0.6 is 35.0 Å². The second-order valence-electron chi connectivity index (χ2n) is 6.11. The van der Waals surface area contributed by atoms with Crippen LogP contribution in [-0.4, -0.2) is 23.9 Å². The van der Waals surface area contributed by atoms with Gasteiger partial charge in [-0.05, 0) is 42.5 Å². The number of nitrogens with zero attached hydrogens (tertiary/aromatic N) is 1. The number of hydrogen-bond donors (Lipinski definition) is 1. The zero-order chi connectivity index (χ0) is 22.5. The number of methoxy groups -OCH3 is 1. The fourth-order valence-corrected chi connectivity index (χ4v) is 3.93. The molecule has 0 saturated heterocycles. The Labute approximate surface area is 191 Å². The van der Waals surface area contributed by atoms with Gasteiger partial charge in [-0.15, -0.1) is 0 Å². The van der Waals surface area contributed by atoms with Gasteiger partial charge in [0.15, 0.2) is 0 Å². The number of benzene rings is 3. The van der Waals surface area contributed by atoms with E-state index in [9.17, 15) is 19.7 Å². The van der Waals surface area contributed by atoms with Gasteiger partial charge in [-0.2, -0.15) is 0 Å². The summed E-state index contributed by atoms with van der Waals surface area (Å²) >= 11 is 13.0. The molecule has 0 aliphatic heterocycles. The summed E-state index contributed by atoms with van der Waals surface area (Å²) < 4.78 is 4.70. The molecule has 0 atom stereocenters. The Kier molecular flexibility index (Phi) is 7.17. The summed E-state index contributed by atoms with van der Waals surface area (Å²) in [5.41, 5.74) is 0.214. The Morgan fingerprint density at radius 3 is 2.45 bits per heavy atom. The summed E-state index contributed by atoms with van der Waals surface area (Å²) in [6.45, 7) is 0. The highest BCUT2D eigenvalue weighted by molar-refractivity contribution is 7.99. The molecule has 7 nitrogen and oxygen atoms in total. The summed E-state index contributed by atoms with van der Waals surface area (Å²) in [5, 5.41) is 14.9. The minimum Gasteiger partial charge on any atom is -0.465 e. The number of carbonyl (C=O) groups excluding carboxylic acids is 2. The Morgan fingerprint density at radius 2 is 1.77 bits per heavy atom. The van der Waals surface area contributed by atoms with Crippen molar-refractivity contribution in [1.29, 1.82) is 0 Å². The van der Waals surface area contributed by atoms with E-state index < -0.39 is 16.8 Å². The first-order valence-electron chi connectivity index (χ1n) is 8.70. The van der Waals surface area contributed by atoms with E-state index in [1.807, 2.05) is 0 Å². The summed E-state index contributed by atoms with van der Waals surface area (Å²) in [6.07, 6.45) is 0. The number of amides is 1. The molecule has 0 unspecified atom stereocenters. The van der Waals surface area contributed by atoms with E-state index in [0.29, 0.717) is 19.8 Å². The highest BCUT2D eigenvalue weighted by Gasteiger charge is 2.20. The predicted molar refractivity (Wildman–Crippen MR) is 119 cm³/mol. The van der Waals surface area contributed by atoms with Crippen molar-refractivity contribution in [2.24, 2.45) is 0 Å². The smallest absolute Gasteiger partial charge is 0.339 e. The van der Waals surface area contributed by atoms with E-state index in [1.165, 1.54) is 37.4 Å². The van der Waals surface area contributed by atoms with E-state index in [-0.39, 0.29) is 22.5 Å². The highest BCUT2D eigenvalue weighted by atomic mass is 35.5. The molecule has 0 aliphatic carbocycles. The van der Waals surface area contributed by atoms with Gasteiger partial charge in [-0.1, -0.05) is 47.1 Å². The molecule has 0 fully saturated rings. The number of nitro benzene ring substituents is 1. The van der Waals surface area contributed by atoms with Crippen LogP contribution in [0, 0.1) is 10.1 Å². The van der Waals surface area contributed by atoms with Crippen LogP contribution in [0.25, 0.3) is 0 Å². The molecule has 10 heteroatoms. The molecular formula is C21H14Cl2N2O5S. The van der Waals surface area contributed by atoms with Crippen molar-refractivity contribution in [2.75, 3.05) is 12.4 Å². The van der Waals surface area contributed by atoms with Gasteiger partial charge < -0.3 is 10.1 Å². The maximum Gasteiger partial charge on any atom is 0.339 e. The van der Waals surface area contributed by atoms with E-state index in [1.54, 1.807) is 30.3 Å². The molecule has 31 heavy (non-hydrogen) atoms. The topological polar surface area (TPSA) is 98.5 Å². The molecule has 0 aliphatic rings. The van der Waals surface area contributed by atoms with Gasteiger partial charge in [0.1, 0.15) is 0 Å². The number of hydrogen-bond acceptors (Lipinski definition) is 6. The first-order chi connectivity index (χ1) is 14.8. The minimum atomic E-state index is -0.616. The van der Waals surface area contributed by atoms with Gasteiger partial charge in [-0.25, -0.2) is 4.79 Å². The van der Waals surface area contributed by atoms with Gasteiger partial charge in [0, 0.05) is 16.5 Å². The van der Waals surface area contributed by atoms with Crippen molar-refractivity contribution >= 4 is 58.2 Å². The van der Waals surface area contributed by atoms with Gasteiger partial charge in [0.2, 0.25) is 0 Å². The lowest BCUT2D eigenvalue weighted by Gasteiger charge is -2.10. The number of anilines is 1. The van der Waals surface area contributed by atoms with Crippen LogP contribution in [0.5, 0.6) is 0 Å². The number of ether oxygens (including phenoxy) is 1. The maximum atomic E-state index is 12.7. The third kappa shape index (κ3) is 5.35. The highest BCUT2D eigenvalue weighted by Crippen LogP contribution is 2.37. The lowest BCUT2D eigenvalue weighted by molar-refractivity contribution is -0.387. The van der Waals surface area contributed by atoms with Crippen LogP contribution in [0.1, 0.15) is 20.7 Å². The Bertz CT molecular complexity index is 1190. The normalized spacial score (nSPS) is 10.4. The largest absolute Gasteiger partial charge is 0.465 e. The molecule has 3 aromatic rings. The van der Waals surface area contributed by atoms with Crippen molar-refractivity contribution in [2.45, 2.75) is 9.79 Å². The lowest BCUT2D eigenvalue weighted by Crippen LogP contribution is -2.15. The van der Waals surface area contributed by atoms with Crippen molar-refractivity contribution in [1.82, 2.24) is 0 Å². The Balaban J connectivity index is 1.89. The summed E-state index contributed by atoms with van der Waals surface area (Å²) in [7, 11) is 1.23. The fourth-order valence-electron chi connectivity index (χ4n) is 2.63. The molecule has 0 saturated carbocycles. The van der Waals surface area contributed by atoms with E-state index >= 15 is 0 Å². The molecule has 1 N–H and O–H groups in total. The predicted octanol–water partition coefficient (Wildman–Crippen LogP) is 6.09. The van der Waals surface area contributed by atoms with E-state index in [2.05, 4.69) is 5.32 Å². The van der Waals surface area contributed by atoms with Gasteiger partial charge >= 0.3 is 5.97 Å². The minimum absolute atomic E-state index is 0.0601. The van der Waals surface area contributed by atoms with Crippen molar-refractivity contribution in [3.8, 4) is 0 Å². The second-order valence-corrected chi connectivity index (χ2v) is 8.04. The molecule has 3 aromatic carbocycles.